The predicted octanol–water partition coefficient (Wildman–Crippen LogP) is 9.54. The number of anilines is 2. The van der Waals surface area contributed by atoms with Crippen LogP contribution in [0.2, 0.25) is 0 Å². The summed E-state index contributed by atoms with van der Waals surface area (Å²) in [4.78, 5) is 39.3. The first-order chi connectivity index (χ1) is 29.8. The molecule has 0 unspecified atom stereocenters. The van der Waals surface area contributed by atoms with Crippen LogP contribution in [0.15, 0.2) is 97.1 Å². The van der Waals surface area contributed by atoms with Crippen LogP contribution < -0.4 is 10.6 Å². The van der Waals surface area contributed by atoms with Gasteiger partial charge in [-0.05, 0) is 151 Å². The normalized spacial score (nSPS) is 15.1. The number of para-hydroxylation sites is 4. The van der Waals surface area contributed by atoms with E-state index in [0.29, 0.717) is 25.0 Å². The molecule has 0 radical (unpaired) electrons. The quantitative estimate of drug-likeness (QED) is 0.118. The van der Waals surface area contributed by atoms with Gasteiger partial charge >= 0.3 is 12.4 Å². The van der Waals surface area contributed by atoms with E-state index in [1.54, 1.807) is 0 Å². The fourth-order valence-electron chi connectivity index (χ4n) is 8.03. The van der Waals surface area contributed by atoms with Gasteiger partial charge in [0.1, 0.15) is 0 Å². The lowest BCUT2D eigenvalue weighted by Gasteiger charge is -2.26. The smallest absolute Gasteiger partial charge is 0.412 e. The molecule has 63 heavy (non-hydrogen) atoms. The molecule has 8 rings (SSSR count). The number of halogens is 6. The molecule has 4 N–H and O–H groups in total. The second kappa shape index (κ2) is 21.1. The molecule has 0 saturated carbocycles. The summed E-state index contributed by atoms with van der Waals surface area (Å²) in [7, 11) is 0. The van der Waals surface area contributed by atoms with Crippen molar-refractivity contribution in [2.75, 3.05) is 49.9 Å². The summed E-state index contributed by atoms with van der Waals surface area (Å²) in [6.45, 7) is 7.87. The number of rotatable bonds is 12. The van der Waals surface area contributed by atoms with Gasteiger partial charge in [0.2, 0.25) is 11.9 Å². The highest BCUT2D eigenvalue weighted by molar-refractivity contribution is 6.05. The third-order valence-electron chi connectivity index (χ3n) is 11.3. The number of aryl methyl sites for hydroxylation is 2. The number of alkyl halides is 6. The molecule has 0 bridgehead atoms. The van der Waals surface area contributed by atoms with E-state index in [0.717, 1.165) is 98.4 Å². The topological polar surface area (TPSA) is 132 Å². The molecule has 336 valence electrons. The number of carbonyl (C=O) groups excluding carboxylic acids is 2. The van der Waals surface area contributed by atoms with Gasteiger partial charge in [0.05, 0.1) is 33.2 Å². The molecule has 2 aliphatic heterocycles. The Morgan fingerprint density at radius 3 is 1.19 bits per heavy atom. The summed E-state index contributed by atoms with van der Waals surface area (Å²) in [6.07, 6.45) is 0.517. The molecular weight excluding hydrogens is 827 g/mol. The monoisotopic (exact) mass is 878 g/mol. The van der Waals surface area contributed by atoms with Gasteiger partial charge < -0.3 is 24.4 Å². The summed E-state index contributed by atoms with van der Waals surface area (Å²) in [5.74, 6) is -0.155. The van der Waals surface area contributed by atoms with Crippen molar-refractivity contribution < 1.29 is 41.4 Å². The maximum atomic E-state index is 12.8. The second-order valence-electron chi connectivity index (χ2n) is 15.7. The zero-order valence-electron chi connectivity index (χ0n) is 34.8. The molecule has 2 aliphatic rings. The molecule has 17 heteroatoms. The maximum Gasteiger partial charge on any atom is 0.416 e. The molecule has 4 heterocycles. The van der Waals surface area contributed by atoms with Gasteiger partial charge in [-0.3, -0.25) is 20.2 Å². The van der Waals surface area contributed by atoms with E-state index in [4.69, 9.17) is 0 Å². The number of nitrogens with zero attached hydrogens (tertiary/aromatic N) is 6. The van der Waals surface area contributed by atoms with Crippen LogP contribution in [-0.4, -0.2) is 85.5 Å². The Kier molecular flexibility index (Phi) is 15.6. The molecule has 2 aromatic heterocycles. The number of imidazole rings is 2. The standard InChI is InChI=1S/2C23H25F3N4O.H2O/c2*24-23(25,26)18-11-9-17(10-12-18)21(31)28-22-27-19-7-2-3-8-20(19)30(22)16-6-15-29-13-4-1-5-14-29;/h2*2-3,7-12H,1,4-6,13-16H2,(H,27,28,31);1H2. The van der Waals surface area contributed by atoms with E-state index in [9.17, 15) is 35.9 Å². The van der Waals surface area contributed by atoms with Crippen molar-refractivity contribution >= 4 is 45.8 Å². The van der Waals surface area contributed by atoms with E-state index in [-0.39, 0.29) is 16.6 Å². The summed E-state index contributed by atoms with van der Waals surface area (Å²) < 4.78 is 80.6. The van der Waals surface area contributed by atoms with Crippen LogP contribution in [0.5, 0.6) is 0 Å². The minimum Gasteiger partial charge on any atom is -0.412 e. The van der Waals surface area contributed by atoms with Crippen LogP contribution in [0.25, 0.3) is 22.1 Å². The summed E-state index contributed by atoms with van der Waals surface area (Å²) >= 11 is 0. The third-order valence-corrected chi connectivity index (χ3v) is 11.3. The fourth-order valence-corrected chi connectivity index (χ4v) is 8.03. The number of benzene rings is 4. The van der Waals surface area contributed by atoms with Crippen LogP contribution in [0, 0.1) is 0 Å². The number of amides is 2. The number of piperidine rings is 2. The predicted molar refractivity (Wildman–Crippen MR) is 232 cm³/mol. The first-order valence-electron chi connectivity index (χ1n) is 21.2. The van der Waals surface area contributed by atoms with E-state index in [1.165, 1.54) is 62.8 Å². The van der Waals surface area contributed by atoms with Crippen LogP contribution in [0.3, 0.4) is 0 Å². The minimum atomic E-state index is -4.43. The van der Waals surface area contributed by atoms with E-state index in [1.807, 2.05) is 57.7 Å². The number of carbonyl (C=O) groups is 2. The molecule has 6 aromatic rings. The van der Waals surface area contributed by atoms with Crippen molar-refractivity contribution in [3.63, 3.8) is 0 Å². The van der Waals surface area contributed by atoms with Crippen LogP contribution in [-0.2, 0) is 25.4 Å². The van der Waals surface area contributed by atoms with Gasteiger partial charge in [0.15, 0.2) is 0 Å². The highest BCUT2D eigenvalue weighted by Crippen LogP contribution is 2.31. The Balaban J connectivity index is 0.000000206. The number of hydrogen-bond acceptors (Lipinski definition) is 6. The molecule has 0 aliphatic carbocycles. The average molecular weight is 879 g/mol. The van der Waals surface area contributed by atoms with Gasteiger partial charge in [-0.25, -0.2) is 9.97 Å². The summed E-state index contributed by atoms with van der Waals surface area (Å²) in [5, 5.41) is 5.56. The summed E-state index contributed by atoms with van der Waals surface area (Å²) in [5.41, 5.74) is 2.11. The number of likely N-dealkylation sites (tertiary alicyclic amines) is 2. The van der Waals surface area contributed by atoms with Crippen molar-refractivity contribution in [1.29, 1.82) is 0 Å². The number of nitrogens with one attached hydrogen (secondary N) is 2. The second-order valence-corrected chi connectivity index (χ2v) is 15.7. The largest absolute Gasteiger partial charge is 0.416 e. The Morgan fingerprint density at radius 2 is 0.841 bits per heavy atom. The Morgan fingerprint density at radius 1 is 0.492 bits per heavy atom. The van der Waals surface area contributed by atoms with Crippen LogP contribution in [0.1, 0.15) is 83.2 Å². The van der Waals surface area contributed by atoms with E-state index in [2.05, 4.69) is 30.4 Å². The zero-order chi connectivity index (χ0) is 43.7. The molecular formula is C46H52F6N8O3. The highest BCUT2D eigenvalue weighted by atomic mass is 19.4. The van der Waals surface area contributed by atoms with Gasteiger partial charge in [0, 0.05) is 24.2 Å². The van der Waals surface area contributed by atoms with Crippen molar-refractivity contribution in [3.8, 4) is 0 Å². The SMILES string of the molecule is O.O=C(Nc1nc2ccccc2n1CCCN1CCCCC1)c1ccc(C(F)(F)F)cc1.O=C(Nc1nc2ccccc2n1CCCN1CCCCC1)c1ccc(C(F)(F)F)cc1. The fraction of sp³-hybridized carbons (Fsp3) is 0.391. The van der Waals surface area contributed by atoms with E-state index >= 15 is 0 Å². The Bertz CT molecular complexity index is 2250. The lowest BCUT2D eigenvalue weighted by molar-refractivity contribution is -0.138. The first-order valence-corrected chi connectivity index (χ1v) is 21.2. The Hall–Kier alpha value is -5.78. The lowest BCUT2D eigenvalue weighted by atomic mass is 10.1. The van der Waals surface area contributed by atoms with Crippen molar-refractivity contribution in [1.82, 2.24) is 28.9 Å². The first kappa shape index (κ1) is 46.7. The van der Waals surface area contributed by atoms with Crippen molar-refractivity contribution in [2.45, 2.75) is 76.8 Å². The number of hydrogen-bond donors (Lipinski definition) is 2. The highest BCUT2D eigenvalue weighted by Gasteiger charge is 2.31. The van der Waals surface area contributed by atoms with Gasteiger partial charge in [0.25, 0.3) is 11.8 Å². The van der Waals surface area contributed by atoms with Crippen LogP contribution in [0.4, 0.5) is 38.2 Å². The average Bonchev–Trinajstić information content (AvgIpc) is 3.80. The maximum absolute atomic E-state index is 12.8. The van der Waals surface area contributed by atoms with Gasteiger partial charge in [-0.15, -0.1) is 0 Å². The van der Waals surface area contributed by atoms with Gasteiger partial charge in [-0.2, -0.15) is 26.3 Å². The van der Waals surface area contributed by atoms with E-state index < -0.39 is 35.3 Å². The zero-order valence-corrected chi connectivity index (χ0v) is 34.8. The molecule has 2 amide bonds. The molecule has 2 fully saturated rings. The molecule has 11 nitrogen and oxygen atoms in total. The van der Waals surface area contributed by atoms with Crippen molar-refractivity contribution in [2.24, 2.45) is 0 Å². The molecule has 2 saturated heterocycles. The van der Waals surface area contributed by atoms with Gasteiger partial charge in [-0.1, -0.05) is 37.1 Å². The molecule has 0 atom stereocenters. The summed E-state index contributed by atoms with van der Waals surface area (Å²) in [6, 6.07) is 23.7. The lowest BCUT2D eigenvalue weighted by Crippen LogP contribution is -2.31. The third kappa shape index (κ3) is 12.2. The molecule has 4 aromatic carbocycles. The number of aromatic nitrogens is 4. The van der Waals surface area contributed by atoms with Crippen molar-refractivity contribution in [3.05, 3.63) is 119 Å². The Labute approximate surface area is 361 Å². The minimum absolute atomic E-state index is 0. The molecule has 0 spiro atoms. The van der Waals surface area contributed by atoms with Crippen LogP contribution >= 0.6 is 0 Å². The number of fused-ring (bicyclic) bond motifs is 2.